The Bertz CT molecular complexity index is 633. The van der Waals surface area contributed by atoms with Crippen molar-refractivity contribution >= 4 is 27.5 Å². The number of piperidine rings is 1. The largest absolute Gasteiger partial charge is 0.335 e. The molecule has 22 heavy (non-hydrogen) atoms. The minimum absolute atomic E-state index is 0.0298. The lowest BCUT2D eigenvalue weighted by Gasteiger charge is -2.36. The molecule has 0 unspecified atom stereocenters. The number of sulfonamides is 1. The van der Waals surface area contributed by atoms with Crippen LogP contribution in [0.2, 0.25) is 5.02 Å². The van der Waals surface area contributed by atoms with E-state index in [1.807, 2.05) is 18.2 Å². The molecular weight excluding hydrogens is 324 g/mol. The van der Waals surface area contributed by atoms with Crippen molar-refractivity contribution in [3.63, 3.8) is 0 Å². The number of carbonyl (C=O) groups is 1. The van der Waals surface area contributed by atoms with Gasteiger partial charge in [-0.15, -0.1) is 0 Å². The monoisotopic (exact) mass is 344 g/mol. The highest BCUT2D eigenvalue weighted by Crippen LogP contribution is 2.31. The molecule has 5 nitrogen and oxygen atoms in total. The minimum Gasteiger partial charge on any atom is -0.335 e. The second-order valence-corrected chi connectivity index (χ2v) is 7.91. The fourth-order valence-electron chi connectivity index (χ4n) is 2.67. The van der Waals surface area contributed by atoms with Crippen LogP contribution < -0.4 is 4.72 Å². The zero-order valence-electron chi connectivity index (χ0n) is 12.6. The number of benzene rings is 1. The first kappa shape index (κ1) is 17.2. The molecule has 0 aliphatic carbocycles. The molecule has 0 aromatic heterocycles. The Morgan fingerprint density at radius 1 is 1.41 bits per heavy atom. The van der Waals surface area contributed by atoms with E-state index in [1.165, 1.54) is 0 Å². The van der Waals surface area contributed by atoms with Gasteiger partial charge in [-0.2, -0.15) is 0 Å². The van der Waals surface area contributed by atoms with E-state index < -0.39 is 10.0 Å². The van der Waals surface area contributed by atoms with Crippen LogP contribution in [0, 0.1) is 0 Å². The summed E-state index contributed by atoms with van der Waals surface area (Å²) in [5.74, 6) is -0.223. The number of likely N-dealkylation sites (tertiary alicyclic amines) is 1. The average molecular weight is 345 g/mol. The standard InChI is InChI=1S/C15H21ClN2O3S/c1-2-22(20,21)17-11-15(19)18-9-4-3-8-14(18)12-6-5-7-13(16)10-12/h5-7,10,14,17H,2-4,8-9,11H2,1H3/t14-/m0/s1. The molecule has 0 spiro atoms. The van der Waals surface area contributed by atoms with Crippen LogP contribution in [0.4, 0.5) is 0 Å². The van der Waals surface area contributed by atoms with Crippen LogP contribution >= 0.6 is 11.6 Å². The van der Waals surface area contributed by atoms with Gasteiger partial charge in [0.25, 0.3) is 0 Å². The number of halogens is 1. The van der Waals surface area contributed by atoms with Crippen molar-refractivity contribution in [1.82, 2.24) is 9.62 Å². The summed E-state index contributed by atoms with van der Waals surface area (Å²) in [5.41, 5.74) is 0.999. The minimum atomic E-state index is -3.36. The lowest BCUT2D eigenvalue weighted by Crippen LogP contribution is -2.44. The van der Waals surface area contributed by atoms with Crippen molar-refractivity contribution in [2.75, 3.05) is 18.8 Å². The molecule has 1 aromatic rings. The zero-order chi connectivity index (χ0) is 16.2. The molecule has 7 heteroatoms. The first-order valence-corrected chi connectivity index (χ1v) is 9.48. The van der Waals surface area contributed by atoms with Gasteiger partial charge in [-0.1, -0.05) is 23.7 Å². The first-order chi connectivity index (χ1) is 10.4. The van der Waals surface area contributed by atoms with Crippen LogP contribution in [0.3, 0.4) is 0 Å². The number of nitrogens with one attached hydrogen (secondary N) is 1. The van der Waals surface area contributed by atoms with E-state index in [4.69, 9.17) is 11.6 Å². The molecule has 122 valence electrons. The van der Waals surface area contributed by atoms with E-state index in [2.05, 4.69) is 4.72 Å². The molecule has 1 heterocycles. The van der Waals surface area contributed by atoms with Crippen molar-refractivity contribution in [3.8, 4) is 0 Å². The van der Waals surface area contributed by atoms with Gasteiger partial charge >= 0.3 is 0 Å². The molecule has 1 fully saturated rings. The molecule has 2 rings (SSSR count). The third-order valence-electron chi connectivity index (χ3n) is 3.88. The summed E-state index contributed by atoms with van der Waals surface area (Å²) in [4.78, 5) is 14.2. The van der Waals surface area contributed by atoms with Crippen LogP contribution in [-0.4, -0.2) is 38.1 Å². The van der Waals surface area contributed by atoms with Gasteiger partial charge in [-0.05, 0) is 43.9 Å². The van der Waals surface area contributed by atoms with Crippen molar-refractivity contribution < 1.29 is 13.2 Å². The fourth-order valence-corrected chi connectivity index (χ4v) is 3.41. The second kappa shape index (κ2) is 7.44. The molecular formula is C15H21ClN2O3S. The number of rotatable bonds is 5. The van der Waals surface area contributed by atoms with Crippen molar-refractivity contribution in [3.05, 3.63) is 34.9 Å². The Labute approximate surface area is 136 Å². The molecule has 0 radical (unpaired) electrons. The topological polar surface area (TPSA) is 66.5 Å². The highest BCUT2D eigenvalue weighted by atomic mass is 35.5. The molecule has 1 N–H and O–H groups in total. The lowest BCUT2D eigenvalue weighted by molar-refractivity contribution is -0.133. The highest BCUT2D eigenvalue weighted by molar-refractivity contribution is 7.89. The molecule has 1 saturated heterocycles. The second-order valence-electron chi connectivity index (χ2n) is 5.38. The summed E-state index contributed by atoms with van der Waals surface area (Å²) in [6.45, 7) is 2.00. The Kier molecular flexibility index (Phi) is 5.83. The molecule has 1 aromatic carbocycles. The van der Waals surface area contributed by atoms with E-state index >= 15 is 0 Å². The van der Waals surface area contributed by atoms with Crippen molar-refractivity contribution in [1.29, 1.82) is 0 Å². The van der Waals surface area contributed by atoms with E-state index in [0.717, 1.165) is 24.8 Å². The third kappa shape index (κ3) is 4.44. The Hall–Kier alpha value is -1.11. The molecule has 1 atom stereocenters. The number of nitrogens with zero attached hydrogens (tertiary/aromatic N) is 1. The maximum Gasteiger partial charge on any atom is 0.238 e. The third-order valence-corrected chi connectivity index (χ3v) is 5.46. The van der Waals surface area contributed by atoms with E-state index in [0.29, 0.717) is 11.6 Å². The van der Waals surface area contributed by atoms with Crippen LogP contribution in [0.15, 0.2) is 24.3 Å². The summed E-state index contributed by atoms with van der Waals surface area (Å²) in [6, 6.07) is 7.46. The van der Waals surface area contributed by atoms with Gasteiger partial charge in [0.15, 0.2) is 0 Å². The molecule has 0 saturated carbocycles. The normalized spacial score (nSPS) is 19.2. The summed E-state index contributed by atoms with van der Waals surface area (Å²) in [6.07, 6.45) is 2.84. The summed E-state index contributed by atoms with van der Waals surface area (Å²) in [5, 5.41) is 0.641. The smallest absolute Gasteiger partial charge is 0.238 e. The van der Waals surface area contributed by atoms with E-state index in [1.54, 1.807) is 17.9 Å². The molecule has 1 aliphatic heterocycles. The Balaban J connectivity index is 2.11. The van der Waals surface area contributed by atoms with Crippen molar-refractivity contribution in [2.45, 2.75) is 32.2 Å². The Morgan fingerprint density at radius 2 is 2.18 bits per heavy atom. The zero-order valence-corrected chi connectivity index (χ0v) is 14.2. The van der Waals surface area contributed by atoms with Crippen LogP contribution in [0.25, 0.3) is 0 Å². The SMILES string of the molecule is CCS(=O)(=O)NCC(=O)N1CCCC[C@H]1c1cccc(Cl)c1. The predicted molar refractivity (Wildman–Crippen MR) is 87.2 cm³/mol. The van der Waals surface area contributed by atoms with Gasteiger partial charge in [0.05, 0.1) is 18.3 Å². The van der Waals surface area contributed by atoms with E-state index in [9.17, 15) is 13.2 Å². The number of hydrogen-bond donors (Lipinski definition) is 1. The Morgan fingerprint density at radius 3 is 2.86 bits per heavy atom. The molecule has 1 aliphatic rings. The fraction of sp³-hybridized carbons (Fsp3) is 0.533. The summed E-state index contributed by atoms with van der Waals surface area (Å²) >= 11 is 6.04. The van der Waals surface area contributed by atoms with E-state index in [-0.39, 0.29) is 24.2 Å². The van der Waals surface area contributed by atoms with Crippen molar-refractivity contribution in [2.24, 2.45) is 0 Å². The molecule has 0 bridgehead atoms. The van der Waals surface area contributed by atoms with Gasteiger partial charge in [-0.3, -0.25) is 4.79 Å². The van der Waals surface area contributed by atoms with Crippen LogP contribution in [0.1, 0.15) is 37.8 Å². The van der Waals surface area contributed by atoms with Gasteiger partial charge in [0.2, 0.25) is 15.9 Å². The highest BCUT2D eigenvalue weighted by Gasteiger charge is 2.28. The quantitative estimate of drug-likeness (QED) is 0.891. The maximum absolute atomic E-state index is 12.4. The summed E-state index contributed by atoms with van der Waals surface area (Å²) in [7, 11) is -3.36. The van der Waals surface area contributed by atoms with Gasteiger partial charge < -0.3 is 4.90 Å². The maximum atomic E-state index is 12.4. The van der Waals surface area contributed by atoms with Crippen LogP contribution in [0.5, 0.6) is 0 Å². The lowest BCUT2D eigenvalue weighted by atomic mass is 9.95. The number of hydrogen-bond acceptors (Lipinski definition) is 3. The van der Waals surface area contributed by atoms with Gasteiger partial charge in [0.1, 0.15) is 0 Å². The van der Waals surface area contributed by atoms with Gasteiger partial charge in [0, 0.05) is 11.6 Å². The molecule has 1 amide bonds. The number of amides is 1. The summed E-state index contributed by atoms with van der Waals surface area (Å²) < 4.78 is 25.3. The first-order valence-electron chi connectivity index (χ1n) is 7.45. The van der Waals surface area contributed by atoms with Crippen LogP contribution in [-0.2, 0) is 14.8 Å². The average Bonchev–Trinajstić information content (AvgIpc) is 2.53. The number of carbonyl (C=O) groups excluding carboxylic acids is 1. The van der Waals surface area contributed by atoms with Gasteiger partial charge in [-0.25, -0.2) is 13.1 Å². The predicted octanol–water partition coefficient (Wildman–Crippen LogP) is 2.33.